The van der Waals surface area contributed by atoms with Gasteiger partial charge in [-0.1, -0.05) is 18.2 Å². The summed E-state index contributed by atoms with van der Waals surface area (Å²) in [6.07, 6.45) is 7.13. The number of rotatable bonds is 3. The zero-order chi connectivity index (χ0) is 18.1. The first-order valence-corrected chi connectivity index (χ1v) is 8.75. The predicted molar refractivity (Wildman–Crippen MR) is 98.2 cm³/mol. The van der Waals surface area contributed by atoms with Crippen molar-refractivity contribution in [3.8, 4) is 5.69 Å². The topological polar surface area (TPSA) is 68.0 Å². The maximum absolute atomic E-state index is 13.2. The summed E-state index contributed by atoms with van der Waals surface area (Å²) in [4.78, 5) is 19.5. The predicted octanol–water partition coefficient (Wildman–Crippen LogP) is 1.70. The van der Waals surface area contributed by atoms with Crippen LogP contribution in [0.4, 0.5) is 0 Å². The molecular weight excluding hydrogens is 328 g/mol. The van der Waals surface area contributed by atoms with E-state index in [1.807, 2.05) is 60.1 Å². The van der Waals surface area contributed by atoms with Crippen LogP contribution in [-0.2, 0) is 7.05 Å². The van der Waals surface area contributed by atoms with Crippen LogP contribution in [0.15, 0.2) is 49.1 Å². The zero-order valence-electron chi connectivity index (χ0n) is 15.0. The smallest absolute Gasteiger partial charge is 0.257 e. The van der Waals surface area contributed by atoms with E-state index in [2.05, 4.69) is 15.4 Å². The highest BCUT2D eigenvalue weighted by Gasteiger charge is 2.31. The third-order valence-electron chi connectivity index (χ3n) is 4.85. The van der Waals surface area contributed by atoms with E-state index < -0.39 is 0 Å². The van der Waals surface area contributed by atoms with Crippen molar-refractivity contribution < 1.29 is 4.79 Å². The van der Waals surface area contributed by atoms with Crippen molar-refractivity contribution in [3.05, 3.63) is 66.0 Å². The summed E-state index contributed by atoms with van der Waals surface area (Å²) in [7, 11) is 1.95. The molecule has 1 unspecified atom stereocenters. The van der Waals surface area contributed by atoms with Crippen LogP contribution in [0.3, 0.4) is 0 Å². The second-order valence-electron chi connectivity index (χ2n) is 6.57. The molecule has 1 atom stereocenters. The molecule has 1 fully saturated rings. The largest absolute Gasteiger partial charge is 0.336 e. The number of carbonyl (C=O) groups excluding carboxylic acids is 1. The number of amides is 1. The fourth-order valence-electron chi connectivity index (χ4n) is 3.43. The van der Waals surface area contributed by atoms with Gasteiger partial charge in [-0.15, -0.1) is 0 Å². The standard InChI is InChI=1S/C19H22N6O/c1-14-5-3-4-6-16(14)25-13-15(11-22-25)19(26)24-10-7-20-12-17(24)18-21-8-9-23(18)2/h3-6,8-9,11,13,17,20H,7,10,12H2,1-2H3. The van der Waals surface area contributed by atoms with E-state index >= 15 is 0 Å². The van der Waals surface area contributed by atoms with Crippen LogP contribution >= 0.6 is 0 Å². The molecule has 134 valence electrons. The third-order valence-corrected chi connectivity index (χ3v) is 4.85. The Bertz CT molecular complexity index is 928. The third kappa shape index (κ3) is 2.90. The number of benzene rings is 1. The quantitative estimate of drug-likeness (QED) is 0.781. The van der Waals surface area contributed by atoms with Gasteiger partial charge in [-0.25, -0.2) is 9.67 Å². The number of nitrogens with one attached hydrogen (secondary N) is 1. The number of aromatic nitrogens is 4. The van der Waals surface area contributed by atoms with E-state index in [0.29, 0.717) is 18.7 Å². The van der Waals surface area contributed by atoms with Crippen LogP contribution in [0, 0.1) is 6.92 Å². The van der Waals surface area contributed by atoms with Crippen LogP contribution in [0.2, 0.25) is 0 Å². The number of para-hydroxylation sites is 1. The summed E-state index contributed by atoms with van der Waals surface area (Å²) in [5, 5.41) is 7.76. The van der Waals surface area contributed by atoms with Gasteiger partial charge in [0.15, 0.2) is 0 Å². The van der Waals surface area contributed by atoms with E-state index in [1.165, 1.54) is 0 Å². The highest BCUT2D eigenvalue weighted by molar-refractivity contribution is 5.94. The fourth-order valence-corrected chi connectivity index (χ4v) is 3.43. The first-order chi connectivity index (χ1) is 12.6. The van der Waals surface area contributed by atoms with Crippen LogP contribution in [0.1, 0.15) is 27.8 Å². The summed E-state index contributed by atoms with van der Waals surface area (Å²) in [5.74, 6) is 0.871. The Hall–Kier alpha value is -2.93. The van der Waals surface area contributed by atoms with Crippen molar-refractivity contribution in [2.45, 2.75) is 13.0 Å². The molecule has 1 aromatic carbocycles. The van der Waals surface area contributed by atoms with Crippen LogP contribution in [-0.4, -0.2) is 49.8 Å². The first-order valence-electron chi connectivity index (χ1n) is 8.75. The molecule has 3 aromatic rings. The Kier molecular flexibility index (Phi) is 4.30. The highest BCUT2D eigenvalue weighted by Crippen LogP contribution is 2.23. The molecule has 1 saturated heterocycles. The van der Waals surface area contributed by atoms with Gasteiger partial charge in [-0.05, 0) is 18.6 Å². The molecule has 0 bridgehead atoms. The van der Waals surface area contributed by atoms with Crippen molar-refractivity contribution in [3.63, 3.8) is 0 Å². The number of nitrogens with zero attached hydrogens (tertiary/aromatic N) is 5. The van der Waals surface area contributed by atoms with E-state index in [9.17, 15) is 4.79 Å². The molecule has 1 aliphatic rings. The van der Waals surface area contributed by atoms with Crippen molar-refractivity contribution >= 4 is 5.91 Å². The summed E-state index contributed by atoms with van der Waals surface area (Å²) < 4.78 is 3.73. The Morgan fingerprint density at radius 3 is 2.92 bits per heavy atom. The molecule has 1 aliphatic heterocycles. The monoisotopic (exact) mass is 350 g/mol. The van der Waals surface area contributed by atoms with E-state index in [4.69, 9.17) is 0 Å². The zero-order valence-corrected chi connectivity index (χ0v) is 15.0. The fraction of sp³-hybridized carbons (Fsp3) is 0.316. The number of aryl methyl sites for hydroxylation is 2. The van der Waals surface area contributed by atoms with Crippen LogP contribution in [0.25, 0.3) is 5.69 Å². The number of imidazole rings is 1. The molecule has 0 saturated carbocycles. The maximum atomic E-state index is 13.2. The van der Waals surface area contributed by atoms with Gasteiger partial charge < -0.3 is 14.8 Å². The van der Waals surface area contributed by atoms with Gasteiger partial charge in [-0.3, -0.25) is 4.79 Å². The van der Waals surface area contributed by atoms with Gasteiger partial charge in [0.1, 0.15) is 11.9 Å². The molecule has 26 heavy (non-hydrogen) atoms. The van der Waals surface area contributed by atoms with E-state index in [1.54, 1.807) is 17.1 Å². The lowest BCUT2D eigenvalue weighted by atomic mass is 10.1. The molecule has 7 nitrogen and oxygen atoms in total. The number of carbonyl (C=O) groups is 1. The minimum absolute atomic E-state index is 0.0145. The second kappa shape index (κ2) is 6.76. The van der Waals surface area contributed by atoms with Crippen LogP contribution < -0.4 is 5.32 Å². The lowest BCUT2D eigenvalue weighted by molar-refractivity contribution is 0.0621. The summed E-state index contributed by atoms with van der Waals surface area (Å²) in [6.45, 7) is 4.15. The summed E-state index contributed by atoms with van der Waals surface area (Å²) in [6, 6.07) is 7.91. The molecule has 7 heteroatoms. The lowest BCUT2D eigenvalue weighted by Gasteiger charge is -2.35. The van der Waals surface area contributed by atoms with E-state index in [0.717, 1.165) is 23.6 Å². The van der Waals surface area contributed by atoms with E-state index in [-0.39, 0.29) is 11.9 Å². The van der Waals surface area contributed by atoms with Crippen molar-refractivity contribution in [1.82, 2.24) is 29.5 Å². The average molecular weight is 350 g/mol. The maximum Gasteiger partial charge on any atom is 0.257 e. The minimum atomic E-state index is -0.0851. The molecule has 0 spiro atoms. The van der Waals surface area contributed by atoms with Gasteiger partial charge in [0.2, 0.25) is 0 Å². The van der Waals surface area contributed by atoms with Crippen molar-refractivity contribution in [2.75, 3.05) is 19.6 Å². The molecule has 4 rings (SSSR count). The van der Waals surface area contributed by atoms with Crippen molar-refractivity contribution in [1.29, 1.82) is 0 Å². The van der Waals surface area contributed by atoms with Gasteiger partial charge in [-0.2, -0.15) is 5.10 Å². The van der Waals surface area contributed by atoms with Gasteiger partial charge in [0.25, 0.3) is 5.91 Å². The first kappa shape index (κ1) is 16.5. The normalized spacial score (nSPS) is 17.5. The van der Waals surface area contributed by atoms with Crippen molar-refractivity contribution in [2.24, 2.45) is 7.05 Å². The average Bonchev–Trinajstić information content (AvgIpc) is 3.31. The molecule has 0 aliphatic carbocycles. The Morgan fingerprint density at radius 2 is 2.15 bits per heavy atom. The molecule has 1 N–H and O–H groups in total. The van der Waals surface area contributed by atoms with Gasteiger partial charge in [0, 0.05) is 45.3 Å². The molecule has 1 amide bonds. The second-order valence-corrected chi connectivity index (χ2v) is 6.57. The molecule has 3 heterocycles. The molecule has 0 radical (unpaired) electrons. The number of piperazine rings is 1. The summed E-state index contributed by atoms with van der Waals surface area (Å²) in [5.41, 5.74) is 2.68. The Balaban J connectivity index is 1.62. The Labute approximate surface area is 152 Å². The summed E-state index contributed by atoms with van der Waals surface area (Å²) >= 11 is 0. The number of hydrogen-bond acceptors (Lipinski definition) is 4. The Morgan fingerprint density at radius 1 is 1.31 bits per heavy atom. The number of hydrogen-bond donors (Lipinski definition) is 1. The van der Waals surface area contributed by atoms with Gasteiger partial charge >= 0.3 is 0 Å². The highest BCUT2D eigenvalue weighted by atomic mass is 16.2. The SMILES string of the molecule is Cc1ccccc1-n1cc(C(=O)N2CCNCC2c2nccn2C)cn1. The molecular formula is C19H22N6O. The lowest BCUT2D eigenvalue weighted by Crippen LogP contribution is -2.49. The minimum Gasteiger partial charge on any atom is -0.336 e. The van der Waals surface area contributed by atoms with Gasteiger partial charge in [0.05, 0.1) is 17.4 Å². The van der Waals surface area contributed by atoms with Crippen LogP contribution in [0.5, 0.6) is 0 Å². The molecule has 2 aromatic heterocycles.